The lowest BCUT2D eigenvalue weighted by atomic mass is 9.84. The van der Waals surface area contributed by atoms with Gasteiger partial charge < -0.3 is 0 Å². The summed E-state index contributed by atoms with van der Waals surface area (Å²) in [6, 6.07) is 0. The van der Waals surface area contributed by atoms with E-state index in [4.69, 9.17) is 11.6 Å². The lowest BCUT2D eigenvalue weighted by Crippen LogP contribution is -2.16. The van der Waals surface area contributed by atoms with Crippen LogP contribution in [0.25, 0.3) is 0 Å². The van der Waals surface area contributed by atoms with Gasteiger partial charge in [0.25, 0.3) is 0 Å². The Bertz CT molecular complexity index is 149. The van der Waals surface area contributed by atoms with Crippen molar-refractivity contribution in [2.24, 2.45) is 10.8 Å². The van der Waals surface area contributed by atoms with E-state index in [-0.39, 0.29) is 0 Å². The van der Waals surface area contributed by atoms with Crippen LogP contribution in [0.15, 0.2) is 0 Å². The fraction of sp³-hybridized carbons (Fsp3) is 1.00. The third-order valence-corrected chi connectivity index (χ3v) is 3.57. The Hall–Kier alpha value is 0.290. The van der Waals surface area contributed by atoms with Gasteiger partial charge in [-0.3, -0.25) is 0 Å². The Kier molecular flexibility index (Phi) is 2.78. The van der Waals surface area contributed by atoms with Crippen LogP contribution in [0.4, 0.5) is 0 Å². The van der Waals surface area contributed by atoms with Gasteiger partial charge >= 0.3 is 0 Å². The number of hydrogen-bond donors (Lipinski definition) is 0. The Balaban J connectivity index is 2.32. The highest BCUT2D eigenvalue weighted by Gasteiger charge is 2.46. The lowest BCUT2D eigenvalue weighted by molar-refractivity contribution is 0.308. The van der Waals surface area contributed by atoms with Crippen LogP contribution in [-0.2, 0) is 0 Å². The molecule has 1 saturated carbocycles. The number of hydrogen-bond acceptors (Lipinski definition) is 0. The predicted octanol–water partition coefficient (Wildman–Crippen LogP) is 4.22. The maximum absolute atomic E-state index is 6.16. The molecule has 0 bridgehead atoms. The molecule has 1 aliphatic rings. The van der Waals surface area contributed by atoms with Crippen LogP contribution in [0.3, 0.4) is 0 Å². The van der Waals surface area contributed by atoms with E-state index in [2.05, 4.69) is 27.7 Å². The molecule has 12 heavy (non-hydrogen) atoms. The minimum Gasteiger partial charge on any atom is -0.123 e. The molecule has 1 aliphatic carbocycles. The summed E-state index contributed by atoms with van der Waals surface area (Å²) in [5.41, 5.74) is 0.996. The molecule has 0 aromatic heterocycles. The van der Waals surface area contributed by atoms with Gasteiger partial charge in [-0.15, -0.1) is 11.6 Å². The number of alkyl halides is 1. The molecule has 0 N–H and O–H groups in total. The predicted molar refractivity (Wildman–Crippen MR) is 55.7 cm³/mol. The fourth-order valence-electron chi connectivity index (χ4n) is 1.63. The number of halogens is 1. The molecule has 72 valence electrons. The van der Waals surface area contributed by atoms with Gasteiger partial charge in [0, 0.05) is 5.38 Å². The zero-order valence-corrected chi connectivity index (χ0v) is 9.54. The van der Waals surface area contributed by atoms with E-state index < -0.39 is 0 Å². The quantitative estimate of drug-likeness (QED) is 0.582. The van der Waals surface area contributed by atoms with Gasteiger partial charge in [0.15, 0.2) is 0 Å². The van der Waals surface area contributed by atoms with Gasteiger partial charge in [-0.2, -0.15) is 0 Å². The molecule has 0 nitrogen and oxygen atoms in total. The lowest BCUT2D eigenvalue weighted by Gasteiger charge is -2.24. The first kappa shape index (κ1) is 10.4. The van der Waals surface area contributed by atoms with E-state index in [1.165, 1.54) is 25.7 Å². The SMILES string of the molecule is CC(Cl)C1(CCC(C)(C)C)CC1. The van der Waals surface area contributed by atoms with Gasteiger partial charge in [0.2, 0.25) is 0 Å². The summed E-state index contributed by atoms with van der Waals surface area (Å²) in [6.07, 6.45) is 5.34. The van der Waals surface area contributed by atoms with Gasteiger partial charge in [-0.05, 0) is 43.4 Å². The molecule has 1 heteroatoms. The fourth-order valence-corrected chi connectivity index (χ4v) is 1.96. The number of rotatable bonds is 3. The Morgan fingerprint density at radius 1 is 1.33 bits per heavy atom. The molecule has 1 atom stereocenters. The highest BCUT2D eigenvalue weighted by atomic mass is 35.5. The first-order chi connectivity index (χ1) is 5.36. The van der Waals surface area contributed by atoms with E-state index in [0.717, 1.165) is 0 Å². The van der Waals surface area contributed by atoms with Crippen molar-refractivity contribution in [3.8, 4) is 0 Å². The molecular formula is C11H21Cl. The molecule has 0 radical (unpaired) electrons. The monoisotopic (exact) mass is 188 g/mol. The molecular weight excluding hydrogens is 168 g/mol. The first-order valence-electron chi connectivity index (χ1n) is 5.00. The topological polar surface area (TPSA) is 0 Å². The largest absolute Gasteiger partial charge is 0.123 e. The molecule has 1 unspecified atom stereocenters. The molecule has 0 saturated heterocycles. The maximum Gasteiger partial charge on any atom is 0.0364 e. The van der Waals surface area contributed by atoms with Gasteiger partial charge in [0.1, 0.15) is 0 Å². The summed E-state index contributed by atoms with van der Waals surface area (Å²) < 4.78 is 0. The van der Waals surface area contributed by atoms with E-state index in [9.17, 15) is 0 Å². The van der Waals surface area contributed by atoms with Crippen molar-refractivity contribution in [1.29, 1.82) is 0 Å². The summed E-state index contributed by atoms with van der Waals surface area (Å²) in [5.74, 6) is 0. The van der Waals surface area contributed by atoms with E-state index in [1.807, 2.05) is 0 Å². The van der Waals surface area contributed by atoms with Crippen molar-refractivity contribution in [2.75, 3.05) is 0 Å². The summed E-state index contributed by atoms with van der Waals surface area (Å²) in [5, 5.41) is 0.375. The van der Waals surface area contributed by atoms with Crippen molar-refractivity contribution < 1.29 is 0 Å². The second-order valence-corrected chi connectivity index (χ2v) is 6.19. The zero-order valence-electron chi connectivity index (χ0n) is 8.78. The Morgan fingerprint density at radius 2 is 1.83 bits per heavy atom. The molecule has 0 aromatic carbocycles. The van der Waals surface area contributed by atoms with Crippen LogP contribution < -0.4 is 0 Å². The van der Waals surface area contributed by atoms with E-state index in [1.54, 1.807) is 0 Å². The Morgan fingerprint density at radius 3 is 2.08 bits per heavy atom. The van der Waals surface area contributed by atoms with Crippen molar-refractivity contribution in [1.82, 2.24) is 0 Å². The molecule has 1 fully saturated rings. The minimum absolute atomic E-state index is 0.375. The smallest absolute Gasteiger partial charge is 0.0364 e. The summed E-state index contributed by atoms with van der Waals surface area (Å²) in [6.45, 7) is 9.07. The second kappa shape index (κ2) is 3.21. The highest BCUT2D eigenvalue weighted by Crippen LogP contribution is 2.55. The zero-order chi connectivity index (χ0) is 9.41. The molecule has 0 aliphatic heterocycles. The van der Waals surface area contributed by atoms with Crippen molar-refractivity contribution in [2.45, 2.75) is 58.8 Å². The molecule has 0 aromatic rings. The van der Waals surface area contributed by atoms with Crippen LogP contribution in [0, 0.1) is 10.8 Å². The molecule has 1 rings (SSSR count). The summed E-state index contributed by atoms with van der Waals surface area (Å²) >= 11 is 6.16. The highest BCUT2D eigenvalue weighted by molar-refractivity contribution is 6.21. The summed E-state index contributed by atoms with van der Waals surface area (Å²) in [7, 11) is 0. The van der Waals surface area contributed by atoms with Crippen LogP contribution in [0.2, 0.25) is 0 Å². The molecule has 0 heterocycles. The standard InChI is InChI=1S/C11H21Cl/c1-9(12)11(7-8-11)6-5-10(2,3)4/h9H,5-8H2,1-4H3. The minimum atomic E-state index is 0.375. The Labute approximate surface area is 81.7 Å². The van der Waals surface area contributed by atoms with Crippen LogP contribution in [0.5, 0.6) is 0 Å². The average molecular weight is 189 g/mol. The summed E-state index contributed by atoms with van der Waals surface area (Å²) in [4.78, 5) is 0. The third-order valence-electron chi connectivity index (χ3n) is 3.11. The van der Waals surface area contributed by atoms with Crippen molar-refractivity contribution in [3.05, 3.63) is 0 Å². The molecule has 0 amide bonds. The van der Waals surface area contributed by atoms with Crippen molar-refractivity contribution >= 4 is 11.6 Å². The molecule has 0 spiro atoms. The van der Waals surface area contributed by atoms with Crippen LogP contribution >= 0.6 is 11.6 Å². The van der Waals surface area contributed by atoms with Crippen molar-refractivity contribution in [3.63, 3.8) is 0 Å². The van der Waals surface area contributed by atoms with Gasteiger partial charge in [0.05, 0.1) is 0 Å². The maximum atomic E-state index is 6.16. The second-order valence-electron chi connectivity index (χ2n) is 5.54. The van der Waals surface area contributed by atoms with Crippen LogP contribution in [-0.4, -0.2) is 5.38 Å². The van der Waals surface area contributed by atoms with Gasteiger partial charge in [-0.25, -0.2) is 0 Å². The van der Waals surface area contributed by atoms with E-state index >= 15 is 0 Å². The van der Waals surface area contributed by atoms with Gasteiger partial charge in [-0.1, -0.05) is 20.8 Å². The van der Waals surface area contributed by atoms with E-state index in [0.29, 0.717) is 16.2 Å². The average Bonchev–Trinajstić information content (AvgIpc) is 2.61. The van der Waals surface area contributed by atoms with Crippen LogP contribution in [0.1, 0.15) is 53.4 Å². The normalized spacial score (nSPS) is 23.8. The first-order valence-corrected chi connectivity index (χ1v) is 5.43. The third kappa shape index (κ3) is 2.65.